The SMILES string of the molecule is Cc1csc([C@@H](C#N)C(=O)CSc2ccc(S(=O)(=O)N(C)C)cn2)n1. The fourth-order valence-corrected chi connectivity index (χ4v) is 4.27. The number of thiazole rings is 1. The van der Waals surface area contributed by atoms with Gasteiger partial charge in [-0.25, -0.2) is 22.7 Å². The van der Waals surface area contributed by atoms with Crippen LogP contribution in [-0.4, -0.2) is 48.3 Å². The number of hydrogen-bond donors (Lipinski definition) is 0. The third kappa shape index (κ3) is 4.64. The van der Waals surface area contributed by atoms with E-state index in [4.69, 9.17) is 0 Å². The summed E-state index contributed by atoms with van der Waals surface area (Å²) in [5.74, 6) is -1.09. The smallest absolute Gasteiger partial charge is 0.244 e. The van der Waals surface area contributed by atoms with Crippen molar-refractivity contribution < 1.29 is 13.2 Å². The second-order valence-corrected chi connectivity index (χ2v) is 9.30. The number of carbonyl (C=O) groups is 1. The van der Waals surface area contributed by atoms with Crippen molar-refractivity contribution >= 4 is 38.9 Å². The number of rotatable bonds is 7. The van der Waals surface area contributed by atoms with Gasteiger partial charge >= 0.3 is 0 Å². The van der Waals surface area contributed by atoms with Crippen molar-refractivity contribution in [3.8, 4) is 6.07 Å². The molecule has 0 radical (unpaired) electrons. The molecule has 10 heteroatoms. The Hall–Kier alpha value is -1.80. The molecule has 1 atom stereocenters. The zero-order valence-electron chi connectivity index (χ0n) is 13.8. The van der Waals surface area contributed by atoms with E-state index in [1.165, 1.54) is 37.7 Å². The van der Waals surface area contributed by atoms with E-state index in [9.17, 15) is 18.5 Å². The van der Waals surface area contributed by atoms with E-state index >= 15 is 0 Å². The molecule has 0 N–H and O–H groups in total. The van der Waals surface area contributed by atoms with E-state index in [-0.39, 0.29) is 16.4 Å². The number of thioether (sulfide) groups is 1. The number of Topliss-reactive ketones (excluding diaryl/α,β-unsaturated/α-hetero) is 1. The van der Waals surface area contributed by atoms with E-state index in [2.05, 4.69) is 9.97 Å². The second-order valence-electron chi connectivity index (χ2n) is 5.26. The average Bonchev–Trinajstić information content (AvgIpc) is 3.00. The van der Waals surface area contributed by atoms with Crippen LogP contribution in [0.3, 0.4) is 0 Å². The molecule has 132 valence electrons. The van der Waals surface area contributed by atoms with Gasteiger partial charge in [0.1, 0.15) is 9.90 Å². The lowest BCUT2D eigenvalue weighted by molar-refractivity contribution is -0.116. The third-order valence-electron chi connectivity index (χ3n) is 3.18. The molecule has 25 heavy (non-hydrogen) atoms. The quantitative estimate of drug-likeness (QED) is 0.660. The minimum absolute atomic E-state index is 0.0592. The molecule has 0 unspecified atom stereocenters. The number of aromatic nitrogens is 2. The van der Waals surface area contributed by atoms with Gasteiger partial charge in [-0.2, -0.15) is 5.26 Å². The van der Waals surface area contributed by atoms with Crippen molar-refractivity contribution in [3.63, 3.8) is 0 Å². The van der Waals surface area contributed by atoms with Crippen molar-refractivity contribution in [2.75, 3.05) is 19.8 Å². The topological polar surface area (TPSA) is 104 Å². The summed E-state index contributed by atoms with van der Waals surface area (Å²) in [5, 5.41) is 12.0. The Morgan fingerprint density at radius 2 is 2.16 bits per heavy atom. The largest absolute Gasteiger partial charge is 0.297 e. The summed E-state index contributed by atoms with van der Waals surface area (Å²) in [6.07, 6.45) is 1.26. The van der Waals surface area contributed by atoms with Crippen LogP contribution in [0.25, 0.3) is 0 Å². The minimum atomic E-state index is -3.53. The van der Waals surface area contributed by atoms with Crippen LogP contribution in [0.5, 0.6) is 0 Å². The monoisotopic (exact) mass is 396 g/mol. The zero-order valence-corrected chi connectivity index (χ0v) is 16.3. The standard InChI is InChI=1S/C15H16N4O3S3/c1-10-8-24-15(18-10)12(6-16)13(20)9-23-14-5-4-11(7-17-14)25(21,22)19(2)3/h4-5,7-8,12H,9H2,1-3H3/t12-/m0/s1. The van der Waals surface area contributed by atoms with Gasteiger partial charge in [-0.3, -0.25) is 4.79 Å². The molecule has 0 aliphatic rings. The van der Waals surface area contributed by atoms with Crippen LogP contribution in [0.15, 0.2) is 33.6 Å². The number of sulfonamides is 1. The molecule has 0 fully saturated rings. The minimum Gasteiger partial charge on any atom is -0.297 e. The first-order chi connectivity index (χ1) is 11.8. The lowest BCUT2D eigenvalue weighted by Gasteiger charge is -2.11. The Morgan fingerprint density at radius 1 is 1.44 bits per heavy atom. The molecule has 2 rings (SSSR count). The molecule has 0 saturated heterocycles. The molecule has 2 heterocycles. The van der Waals surface area contributed by atoms with E-state index in [0.29, 0.717) is 10.0 Å². The molecule has 0 saturated carbocycles. The normalized spacial score (nSPS) is 12.8. The lowest BCUT2D eigenvalue weighted by atomic mass is 10.1. The molecule has 2 aromatic heterocycles. The molecule has 0 aliphatic carbocycles. The van der Waals surface area contributed by atoms with Crippen LogP contribution in [0.2, 0.25) is 0 Å². The van der Waals surface area contributed by atoms with Crippen LogP contribution in [0.4, 0.5) is 0 Å². The van der Waals surface area contributed by atoms with Crippen LogP contribution >= 0.6 is 23.1 Å². The van der Waals surface area contributed by atoms with Crippen LogP contribution in [-0.2, 0) is 14.8 Å². The summed E-state index contributed by atoms with van der Waals surface area (Å²) in [6.45, 7) is 1.81. The number of pyridine rings is 1. The summed E-state index contributed by atoms with van der Waals surface area (Å²) in [4.78, 5) is 20.6. The molecule has 7 nitrogen and oxygen atoms in total. The van der Waals surface area contributed by atoms with E-state index in [1.807, 2.05) is 6.07 Å². The average molecular weight is 397 g/mol. The predicted molar refractivity (Wildman–Crippen MR) is 96.0 cm³/mol. The number of aryl methyl sites for hydroxylation is 1. The number of carbonyl (C=O) groups excluding carboxylic acids is 1. The van der Waals surface area contributed by atoms with Crippen LogP contribution < -0.4 is 0 Å². The second kappa shape index (κ2) is 8.05. The van der Waals surface area contributed by atoms with Crippen molar-refractivity contribution in [2.45, 2.75) is 22.8 Å². The highest BCUT2D eigenvalue weighted by atomic mass is 32.2. The van der Waals surface area contributed by atoms with Gasteiger partial charge < -0.3 is 0 Å². The number of nitrogens with zero attached hydrogens (tertiary/aromatic N) is 4. The van der Waals surface area contributed by atoms with E-state index in [0.717, 1.165) is 21.8 Å². The fraction of sp³-hybridized carbons (Fsp3) is 0.333. The Bertz CT molecular complexity index is 899. The first kappa shape index (κ1) is 19.5. The Morgan fingerprint density at radius 3 is 2.64 bits per heavy atom. The number of nitriles is 1. The summed E-state index contributed by atoms with van der Waals surface area (Å²) >= 11 is 2.45. The Balaban J connectivity index is 2.04. The highest BCUT2D eigenvalue weighted by molar-refractivity contribution is 7.99. The summed E-state index contributed by atoms with van der Waals surface area (Å²) in [7, 11) is -0.644. The number of ketones is 1. The highest BCUT2D eigenvalue weighted by Gasteiger charge is 2.23. The zero-order chi connectivity index (χ0) is 18.6. The van der Waals surface area contributed by atoms with E-state index in [1.54, 1.807) is 18.4 Å². The van der Waals surface area contributed by atoms with Crippen molar-refractivity contribution in [1.29, 1.82) is 5.26 Å². The molecule has 0 bridgehead atoms. The van der Waals surface area contributed by atoms with Gasteiger partial charge in [0.25, 0.3) is 0 Å². The summed E-state index contributed by atoms with van der Waals surface area (Å²) in [6, 6.07) is 4.98. The van der Waals surface area contributed by atoms with Gasteiger partial charge in [0.2, 0.25) is 10.0 Å². The first-order valence-electron chi connectivity index (χ1n) is 7.11. The van der Waals surface area contributed by atoms with Gasteiger partial charge in [0.05, 0.1) is 16.8 Å². The summed E-state index contributed by atoms with van der Waals surface area (Å²) in [5.41, 5.74) is 0.778. The first-order valence-corrected chi connectivity index (χ1v) is 10.4. The Labute approximate surface area is 154 Å². The van der Waals surface area contributed by atoms with Gasteiger partial charge in [-0.1, -0.05) is 11.8 Å². The maximum absolute atomic E-state index is 12.3. The van der Waals surface area contributed by atoms with Gasteiger partial charge in [-0.05, 0) is 19.1 Å². The van der Waals surface area contributed by atoms with Crippen molar-refractivity contribution in [1.82, 2.24) is 14.3 Å². The number of hydrogen-bond acceptors (Lipinski definition) is 8. The van der Waals surface area contributed by atoms with E-state index < -0.39 is 15.9 Å². The van der Waals surface area contributed by atoms with Gasteiger partial charge in [0, 0.05) is 31.4 Å². The molecule has 0 aromatic carbocycles. The predicted octanol–water partition coefficient (Wildman–Crippen LogP) is 2.07. The molecule has 0 amide bonds. The highest BCUT2D eigenvalue weighted by Crippen LogP contribution is 2.24. The molecule has 2 aromatic rings. The maximum atomic E-state index is 12.3. The van der Waals surface area contributed by atoms with Gasteiger partial charge in [-0.15, -0.1) is 11.3 Å². The van der Waals surface area contributed by atoms with Crippen LogP contribution in [0.1, 0.15) is 16.6 Å². The van der Waals surface area contributed by atoms with Crippen molar-refractivity contribution in [2.24, 2.45) is 0 Å². The molecular weight excluding hydrogens is 380 g/mol. The van der Waals surface area contributed by atoms with Crippen LogP contribution in [0, 0.1) is 18.3 Å². The van der Waals surface area contributed by atoms with Crippen molar-refractivity contribution in [3.05, 3.63) is 34.4 Å². The Kier molecular flexibility index (Phi) is 6.29. The molecular formula is C15H16N4O3S3. The molecule has 0 aliphatic heterocycles. The molecule has 0 spiro atoms. The van der Waals surface area contributed by atoms with Gasteiger partial charge in [0.15, 0.2) is 11.7 Å². The fourth-order valence-electron chi connectivity index (χ4n) is 1.81. The summed E-state index contributed by atoms with van der Waals surface area (Å²) < 4.78 is 25.1. The third-order valence-corrected chi connectivity index (χ3v) is 6.98. The maximum Gasteiger partial charge on any atom is 0.244 e. The lowest BCUT2D eigenvalue weighted by Crippen LogP contribution is -2.22.